The van der Waals surface area contributed by atoms with Crippen LogP contribution in [0.3, 0.4) is 0 Å². The van der Waals surface area contributed by atoms with E-state index in [1.54, 1.807) is 17.0 Å². The first-order valence-corrected chi connectivity index (χ1v) is 7.24. The van der Waals surface area contributed by atoms with Gasteiger partial charge in [-0.1, -0.05) is 36.9 Å². The number of aldehydes is 1. The Balaban J connectivity index is 1.76. The highest BCUT2D eigenvalue weighted by atomic mass is 16.5. The Kier molecular flexibility index (Phi) is 4.34. The van der Waals surface area contributed by atoms with E-state index in [-0.39, 0.29) is 0 Å². The van der Waals surface area contributed by atoms with Gasteiger partial charge in [-0.05, 0) is 29.8 Å². The van der Waals surface area contributed by atoms with Crippen molar-refractivity contribution in [3.8, 4) is 17.0 Å². The van der Waals surface area contributed by atoms with E-state index >= 15 is 0 Å². The quantitative estimate of drug-likeness (QED) is 0.645. The maximum atomic E-state index is 11.0. The number of hydrogen-bond acceptors (Lipinski definition) is 3. The molecule has 3 aromatic rings. The normalized spacial score (nSPS) is 10.3. The smallest absolute Gasteiger partial charge is 0.185 e. The van der Waals surface area contributed by atoms with Crippen molar-refractivity contribution in [2.75, 3.05) is 0 Å². The maximum Gasteiger partial charge on any atom is 0.185 e. The largest absolute Gasteiger partial charge is 0.489 e. The molecule has 0 saturated carbocycles. The SMILES string of the molecule is C=Cn1c(-c2ccc(OCc3ccccc3)cc2)cnc1C=O. The van der Waals surface area contributed by atoms with Crippen LogP contribution in [0.25, 0.3) is 17.5 Å². The summed E-state index contributed by atoms with van der Waals surface area (Å²) < 4.78 is 7.43. The second-order valence-electron chi connectivity index (χ2n) is 4.97. The Hall–Kier alpha value is -3.14. The molecule has 0 radical (unpaired) electrons. The van der Waals surface area contributed by atoms with Gasteiger partial charge in [0.1, 0.15) is 12.4 Å². The monoisotopic (exact) mass is 304 g/mol. The number of rotatable bonds is 6. The van der Waals surface area contributed by atoms with Crippen LogP contribution in [0.2, 0.25) is 0 Å². The van der Waals surface area contributed by atoms with Crippen LogP contribution < -0.4 is 4.74 Å². The predicted octanol–water partition coefficient (Wildman–Crippen LogP) is 4.04. The van der Waals surface area contributed by atoms with Crippen LogP contribution in [0.4, 0.5) is 0 Å². The summed E-state index contributed by atoms with van der Waals surface area (Å²) in [7, 11) is 0. The number of nitrogens with zero attached hydrogens (tertiary/aromatic N) is 2. The van der Waals surface area contributed by atoms with E-state index in [0.717, 1.165) is 22.6 Å². The third kappa shape index (κ3) is 3.21. The molecule has 0 amide bonds. The molecular weight excluding hydrogens is 288 g/mol. The van der Waals surface area contributed by atoms with Gasteiger partial charge >= 0.3 is 0 Å². The summed E-state index contributed by atoms with van der Waals surface area (Å²) in [5, 5.41) is 0. The van der Waals surface area contributed by atoms with Gasteiger partial charge < -0.3 is 4.74 Å². The topological polar surface area (TPSA) is 44.1 Å². The molecular formula is C19H16N2O2. The van der Waals surface area contributed by atoms with E-state index in [0.29, 0.717) is 18.7 Å². The summed E-state index contributed by atoms with van der Waals surface area (Å²) in [6.07, 6.45) is 3.94. The number of carbonyl (C=O) groups is 1. The fourth-order valence-corrected chi connectivity index (χ4v) is 2.33. The van der Waals surface area contributed by atoms with Crippen molar-refractivity contribution in [1.29, 1.82) is 0 Å². The molecule has 3 rings (SSSR count). The Morgan fingerprint density at radius 3 is 2.48 bits per heavy atom. The highest BCUT2D eigenvalue weighted by Gasteiger charge is 2.09. The zero-order valence-electron chi connectivity index (χ0n) is 12.6. The number of benzene rings is 2. The molecule has 0 atom stereocenters. The molecule has 1 heterocycles. The summed E-state index contributed by atoms with van der Waals surface area (Å²) >= 11 is 0. The lowest BCUT2D eigenvalue weighted by Crippen LogP contribution is -1.97. The fraction of sp³-hybridized carbons (Fsp3) is 0.0526. The molecule has 0 fully saturated rings. The molecule has 23 heavy (non-hydrogen) atoms. The van der Waals surface area contributed by atoms with Crippen molar-refractivity contribution < 1.29 is 9.53 Å². The van der Waals surface area contributed by atoms with Gasteiger partial charge in [0.25, 0.3) is 0 Å². The van der Waals surface area contributed by atoms with Gasteiger partial charge in [0.05, 0.1) is 11.9 Å². The van der Waals surface area contributed by atoms with Gasteiger partial charge in [0, 0.05) is 11.8 Å². The molecule has 0 aliphatic heterocycles. The van der Waals surface area contributed by atoms with Gasteiger partial charge in [-0.2, -0.15) is 0 Å². The van der Waals surface area contributed by atoms with Crippen molar-refractivity contribution in [2.45, 2.75) is 6.61 Å². The molecule has 0 saturated heterocycles. The van der Waals surface area contributed by atoms with E-state index in [1.807, 2.05) is 54.6 Å². The van der Waals surface area contributed by atoms with E-state index in [9.17, 15) is 4.79 Å². The Labute approximate surface area is 134 Å². The first-order valence-electron chi connectivity index (χ1n) is 7.24. The number of ether oxygens (including phenoxy) is 1. The Morgan fingerprint density at radius 2 is 1.83 bits per heavy atom. The zero-order valence-corrected chi connectivity index (χ0v) is 12.6. The minimum Gasteiger partial charge on any atom is -0.489 e. The summed E-state index contributed by atoms with van der Waals surface area (Å²) in [5.41, 5.74) is 2.88. The molecule has 114 valence electrons. The third-order valence-electron chi connectivity index (χ3n) is 3.51. The minimum absolute atomic E-state index is 0.333. The second kappa shape index (κ2) is 6.75. The van der Waals surface area contributed by atoms with Crippen LogP contribution in [0.1, 0.15) is 16.2 Å². The lowest BCUT2D eigenvalue weighted by atomic mass is 10.1. The minimum atomic E-state index is 0.333. The number of hydrogen-bond donors (Lipinski definition) is 0. The average Bonchev–Trinajstić information content (AvgIpc) is 3.04. The van der Waals surface area contributed by atoms with Gasteiger partial charge in [0.15, 0.2) is 12.1 Å². The van der Waals surface area contributed by atoms with Crippen molar-refractivity contribution in [3.05, 3.63) is 78.8 Å². The van der Waals surface area contributed by atoms with E-state index in [4.69, 9.17) is 4.74 Å². The maximum absolute atomic E-state index is 11.0. The van der Waals surface area contributed by atoms with Gasteiger partial charge in [-0.15, -0.1) is 0 Å². The van der Waals surface area contributed by atoms with Crippen LogP contribution in [0, 0.1) is 0 Å². The van der Waals surface area contributed by atoms with E-state index < -0.39 is 0 Å². The second-order valence-corrected chi connectivity index (χ2v) is 4.97. The van der Waals surface area contributed by atoms with Crippen molar-refractivity contribution >= 4 is 12.5 Å². The molecule has 0 N–H and O–H groups in total. The van der Waals surface area contributed by atoms with Gasteiger partial charge in [0.2, 0.25) is 0 Å². The van der Waals surface area contributed by atoms with Crippen molar-refractivity contribution in [3.63, 3.8) is 0 Å². The van der Waals surface area contributed by atoms with Crippen LogP contribution >= 0.6 is 0 Å². The molecule has 1 aromatic heterocycles. The summed E-state index contributed by atoms with van der Waals surface area (Å²) in [4.78, 5) is 15.0. The fourth-order valence-electron chi connectivity index (χ4n) is 2.33. The lowest BCUT2D eigenvalue weighted by molar-refractivity contribution is 0.111. The molecule has 0 bridgehead atoms. The molecule has 0 aliphatic carbocycles. The molecule has 0 unspecified atom stereocenters. The van der Waals surface area contributed by atoms with Crippen LogP contribution in [0.15, 0.2) is 67.4 Å². The summed E-state index contributed by atoms with van der Waals surface area (Å²) in [6.45, 7) is 4.25. The Morgan fingerprint density at radius 1 is 1.09 bits per heavy atom. The number of aromatic nitrogens is 2. The van der Waals surface area contributed by atoms with Crippen molar-refractivity contribution in [2.24, 2.45) is 0 Å². The standard InChI is InChI=1S/C19H16N2O2/c1-2-21-18(12-20-19(21)13-22)16-8-10-17(11-9-16)23-14-15-6-4-3-5-7-15/h2-13H,1,14H2. The molecule has 0 aliphatic rings. The van der Waals surface area contributed by atoms with Crippen LogP contribution in [-0.2, 0) is 6.61 Å². The number of imidazole rings is 1. The molecule has 0 spiro atoms. The molecule has 2 aromatic carbocycles. The summed E-state index contributed by atoms with van der Waals surface area (Å²) in [5.74, 6) is 1.12. The van der Waals surface area contributed by atoms with Crippen LogP contribution in [-0.4, -0.2) is 15.8 Å². The van der Waals surface area contributed by atoms with Gasteiger partial charge in [-0.25, -0.2) is 4.98 Å². The third-order valence-corrected chi connectivity index (χ3v) is 3.51. The van der Waals surface area contributed by atoms with E-state index in [1.165, 1.54) is 0 Å². The first kappa shape index (κ1) is 14.8. The lowest BCUT2D eigenvalue weighted by Gasteiger charge is -2.08. The van der Waals surface area contributed by atoms with Gasteiger partial charge in [-0.3, -0.25) is 9.36 Å². The Bertz CT molecular complexity index is 805. The molecule has 4 nitrogen and oxygen atoms in total. The summed E-state index contributed by atoms with van der Waals surface area (Å²) in [6, 6.07) is 17.7. The van der Waals surface area contributed by atoms with Crippen molar-refractivity contribution in [1.82, 2.24) is 9.55 Å². The van der Waals surface area contributed by atoms with E-state index in [2.05, 4.69) is 11.6 Å². The highest BCUT2D eigenvalue weighted by Crippen LogP contribution is 2.24. The highest BCUT2D eigenvalue weighted by molar-refractivity contribution is 5.75. The molecule has 4 heteroatoms. The number of carbonyl (C=O) groups excluding carboxylic acids is 1. The predicted molar refractivity (Wildman–Crippen MR) is 90.2 cm³/mol. The first-order chi connectivity index (χ1) is 11.3. The van der Waals surface area contributed by atoms with Crippen LogP contribution in [0.5, 0.6) is 5.75 Å². The average molecular weight is 304 g/mol. The zero-order chi connectivity index (χ0) is 16.1.